The predicted octanol–water partition coefficient (Wildman–Crippen LogP) is 13.2. The number of nitrogens with zero attached hydrogens (tertiary/aromatic N) is 1. The minimum atomic E-state index is -0.390. The van der Waals surface area contributed by atoms with Gasteiger partial charge in [0.1, 0.15) is 0 Å². The van der Waals surface area contributed by atoms with Gasteiger partial charge >= 0.3 is 0 Å². The highest BCUT2D eigenvalue weighted by Gasteiger charge is 2.45. The van der Waals surface area contributed by atoms with E-state index in [4.69, 9.17) is 0 Å². The summed E-state index contributed by atoms with van der Waals surface area (Å²) in [4.78, 5) is 0. The molecule has 2 aromatic heterocycles. The Balaban J connectivity index is 1.11. The van der Waals surface area contributed by atoms with Crippen LogP contribution < -0.4 is 0 Å². The molecule has 0 amide bonds. The molecule has 238 valence electrons. The molecule has 2 heterocycles. The Hall–Kier alpha value is -6.22. The Morgan fingerprint density at radius 2 is 0.980 bits per heavy atom. The largest absolute Gasteiger partial charge is 0.309 e. The molecule has 0 N–H and O–H groups in total. The molecule has 0 fully saturated rings. The minimum Gasteiger partial charge on any atom is -0.309 e. The topological polar surface area (TPSA) is 4.93 Å². The fraction of sp³-hybridized carbons (Fsp3) is 0.0204. The molecule has 2 heteroatoms. The lowest BCUT2D eigenvalue weighted by Gasteiger charge is -2.33. The molecule has 0 spiro atoms. The molecule has 51 heavy (non-hydrogen) atoms. The standard InChI is InChI=1S/C49H31NS/c1-3-13-34(14-4-1)49(35-15-5-2-6-16-35)43-20-10-7-17-37(43)40-29-32(23-26-44(40)49)33-24-27-46-41(30-33)38-18-8-11-21-45(38)50(46)36-25-28-48-42(31-36)39-19-9-12-22-47(39)51-48/h1-31H. The molecule has 0 saturated carbocycles. The van der Waals surface area contributed by atoms with Gasteiger partial charge in [-0.15, -0.1) is 11.3 Å². The zero-order chi connectivity index (χ0) is 33.5. The van der Waals surface area contributed by atoms with Gasteiger partial charge < -0.3 is 4.57 Å². The fourth-order valence-electron chi connectivity index (χ4n) is 8.91. The fourth-order valence-corrected chi connectivity index (χ4v) is 10.00. The van der Waals surface area contributed by atoms with Crippen LogP contribution in [0.25, 0.3) is 69.9 Å². The summed E-state index contributed by atoms with van der Waals surface area (Å²) in [5.74, 6) is 0. The van der Waals surface area contributed by atoms with Gasteiger partial charge in [-0.2, -0.15) is 0 Å². The van der Waals surface area contributed by atoms with Crippen LogP contribution >= 0.6 is 11.3 Å². The van der Waals surface area contributed by atoms with Crippen LogP contribution in [-0.2, 0) is 5.41 Å². The van der Waals surface area contributed by atoms with Gasteiger partial charge in [0.25, 0.3) is 0 Å². The molecule has 8 aromatic carbocycles. The van der Waals surface area contributed by atoms with Crippen molar-refractivity contribution in [3.8, 4) is 27.9 Å². The van der Waals surface area contributed by atoms with E-state index in [1.165, 1.54) is 92.2 Å². The first-order valence-corrected chi connectivity index (χ1v) is 18.4. The van der Waals surface area contributed by atoms with E-state index in [0.717, 1.165) is 0 Å². The van der Waals surface area contributed by atoms with Crippen LogP contribution in [0.15, 0.2) is 188 Å². The maximum Gasteiger partial charge on any atom is 0.0713 e. The molecule has 1 aliphatic rings. The highest BCUT2D eigenvalue weighted by atomic mass is 32.1. The van der Waals surface area contributed by atoms with Gasteiger partial charge in [0.2, 0.25) is 0 Å². The van der Waals surface area contributed by atoms with Crippen molar-refractivity contribution in [2.24, 2.45) is 0 Å². The number of benzene rings is 8. The Kier molecular flexibility index (Phi) is 6.11. The molecular weight excluding hydrogens is 635 g/mol. The van der Waals surface area contributed by atoms with Gasteiger partial charge in [0, 0.05) is 36.6 Å². The highest BCUT2D eigenvalue weighted by Crippen LogP contribution is 2.56. The number of hydrogen-bond donors (Lipinski definition) is 0. The lowest BCUT2D eigenvalue weighted by atomic mass is 9.67. The van der Waals surface area contributed by atoms with E-state index < -0.39 is 0 Å². The van der Waals surface area contributed by atoms with Crippen LogP contribution in [0.5, 0.6) is 0 Å². The van der Waals surface area contributed by atoms with Crippen molar-refractivity contribution in [3.63, 3.8) is 0 Å². The second-order valence-corrected chi connectivity index (χ2v) is 14.7. The zero-order valence-electron chi connectivity index (χ0n) is 27.8. The average molecular weight is 666 g/mol. The van der Waals surface area contributed by atoms with Gasteiger partial charge in [-0.25, -0.2) is 0 Å². The van der Waals surface area contributed by atoms with E-state index in [1.807, 2.05) is 11.3 Å². The molecule has 0 unspecified atom stereocenters. The number of para-hydroxylation sites is 1. The van der Waals surface area contributed by atoms with Crippen LogP contribution in [-0.4, -0.2) is 4.57 Å². The Labute approximate surface area is 300 Å². The van der Waals surface area contributed by atoms with Gasteiger partial charge in [0.05, 0.1) is 16.4 Å². The van der Waals surface area contributed by atoms with Crippen molar-refractivity contribution in [1.82, 2.24) is 4.57 Å². The summed E-state index contributed by atoms with van der Waals surface area (Å²) < 4.78 is 5.09. The lowest BCUT2D eigenvalue weighted by Crippen LogP contribution is -2.28. The predicted molar refractivity (Wildman–Crippen MR) is 216 cm³/mol. The SMILES string of the molecule is c1ccc(C2(c3ccccc3)c3ccccc3-c3cc(-c4ccc5c(c4)c4ccccc4n5-c4ccc5sc6ccccc6c5c4)ccc32)cc1. The third-order valence-electron chi connectivity index (χ3n) is 11.1. The normalized spacial score (nSPS) is 13.3. The van der Waals surface area contributed by atoms with Gasteiger partial charge in [-0.05, 0) is 93.0 Å². The smallest absolute Gasteiger partial charge is 0.0713 e. The summed E-state index contributed by atoms with van der Waals surface area (Å²) in [5.41, 5.74) is 13.5. The first-order chi connectivity index (χ1) is 25.3. The quantitative estimate of drug-likeness (QED) is 0.176. The number of hydrogen-bond acceptors (Lipinski definition) is 1. The highest BCUT2D eigenvalue weighted by molar-refractivity contribution is 7.25. The molecule has 10 aromatic rings. The molecule has 0 bridgehead atoms. The van der Waals surface area contributed by atoms with Crippen molar-refractivity contribution in [3.05, 3.63) is 210 Å². The van der Waals surface area contributed by atoms with Gasteiger partial charge in [-0.1, -0.05) is 140 Å². The monoisotopic (exact) mass is 665 g/mol. The molecule has 1 nitrogen and oxygen atoms in total. The van der Waals surface area contributed by atoms with E-state index in [-0.39, 0.29) is 5.41 Å². The molecule has 11 rings (SSSR count). The van der Waals surface area contributed by atoms with E-state index >= 15 is 0 Å². The number of aromatic nitrogens is 1. The molecule has 0 radical (unpaired) electrons. The second kappa shape index (κ2) is 10.9. The third kappa shape index (κ3) is 4.03. The van der Waals surface area contributed by atoms with Crippen molar-refractivity contribution < 1.29 is 0 Å². The summed E-state index contributed by atoms with van der Waals surface area (Å²) in [5, 5.41) is 5.17. The summed E-state index contributed by atoms with van der Waals surface area (Å²) in [6, 6.07) is 69.7. The van der Waals surface area contributed by atoms with Crippen molar-refractivity contribution in [2.45, 2.75) is 5.41 Å². The maximum atomic E-state index is 2.44. The Morgan fingerprint density at radius 1 is 0.373 bits per heavy atom. The van der Waals surface area contributed by atoms with Gasteiger partial charge in [0.15, 0.2) is 0 Å². The Morgan fingerprint density at radius 3 is 1.80 bits per heavy atom. The number of rotatable bonds is 4. The van der Waals surface area contributed by atoms with Crippen molar-refractivity contribution in [2.75, 3.05) is 0 Å². The van der Waals surface area contributed by atoms with Crippen LogP contribution in [0.1, 0.15) is 22.3 Å². The van der Waals surface area contributed by atoms with E-state index in [1.54, 1.807) is 0 Å². The summed E-state index contributed by atoms with van der Waals surface area (Å²) >= 11 is 1.87. The maximum absolute atomic E-state index is 2.44. The minimum absolute atomic E-state index is 0.390. The van der Waals surface area contributed by atoms with Crippen LogP contribution in [0.4, 0.5) is 0 Å². The summed E-state index contributed by atoms with van der Waals surface area (Å²) in [6.07, 6.45) is 0. The molecule has 0 saturated heterocycles. The van der Waals surface area contributed by atoms with Gasteiger partial charge in [-0.3, -0.25) is 0 Å². The lowest BCUT2D eigenvalue weighted by molar-refractivity contribution is 0.768. The zero-order valence-corrected chi connectivity index (χ0v) is 28.6. The summed E-state index contributed by atoms with van der Waals surface area (Å²) in [6.45, 7) is 0. The molecule has 0 aliphatic heterocycles. The number of fused-ring (bicyclic) bond motifs is 9. The summed E-state index contributed by atoms with van der Waals surface area (Å²) in [7, 11) is 0. The van der Waals surface area contributed by atoms with Crippen LogP contribution in [0.3, 0.4) is 0 Å². The van der Waals surface area contributed by atoms with Crippen LogP contribution in [0, 0.1) is 0 Å². The average Bonchev–Trinajstić information content (AvgIpc) is 3.84. The number of thiophene rings is 1. The van der Waals surface area contributed by atoms with Crippen molar-refractivity contribution in [1.29, 1.82) is 0 Å². The van der Waals surface area contributed by atoms with E-state index in [0.29, 0.717) is 0 Å². The van der Waals surface area contributed by atoms with Crippen molar-refractivity contribution >= 4 is 53.3 Å². The first-order valence-electron chi connectivity index (χ1n) is 17.6. The molecular formula is C49H31NS. The van der Waals surface area contributed by atoms with Crippen LogP contribution in [0.2, 0.25) is 0 Å². The van der Waals surface area contributed by atoms with E-state index in [9.17, 15) is 0 Å². The molecule has 0 atom stereocenters. The first kappa shape index (κ1) is 28.6. The third-order valence-corrected chi connectivity index (χ3v) is 12.2. The second-order valence-electron chi connectivity index (χ2n) is 13.7. The Bertz CT molecular complexity index is 2930. The molecule has 1 aliphatic carbocycles. The van der Waals surface area contributed by atoms with E-state index in [2.05, 4.69) is 193 Å².